The topological polar surface area (TPSA) is 26.7 Å². The molecule has 3 nitrogen and oxygen atoms in total. The average molecular weight is 233 g/mol. The third kappa shape index (κ3) is 2.91. The van der Waals surface area contributed by atoms with Crippen molar-refractivity contribution in [2.45, 2.75) is 32.0 Å². The molecule has 0 atom stereocenters. The van der Waals surface area contributed by atoms with Crippen LogP contribution in [0.2, 0.25) is 0 Å². The van der Waals surface area contributed by atoms with E-state index in [4.69, 9.17) is 0 Å². The van der Waals surface area contributed by atoms with Crippen LogP contribution in [0.3, 0.4) is 0 Å². The minimum Gasteiger partial charge on any atom is -0.387 e. The summed E-state index contributed by atoms with van der Waals surface area (Å²) in [5, 5.41) is 9.99. The van der Waals surface area contributed by atoms with Gasteiger partial charge in [-0.15, -0.1) is 0 Å². The van der Waals surface area contributed by atoms with Gasteiger partial charge in [-0.1, -0.05) is 0 Å². The predicted molar refractivity (Wildman–Crippen MR) is 52.1 cm³/mol. The van der Waals surface area contributed by atoms with E-state index in [1.165, 1.54) is 0 Å². The molecule has 13 heavy (non-hydrogen) atoms. The Labute approximate surface area is 92.0 Å². The van der Waals surface area contributed by atoms with Crippen molar-refractivity contribution in [3.63, 3.8) is 0 Å². The summed E-state index contributed by atoms with van der Waals surface area (Å²) in [6, 6.07) is 0. The summed E-state index contributed by atoms with van der Waals surface area (Å²) in [4.78, 5) is 4.04. The second-order valence-corrected chi connectivity index (χ2v) is 4.37. The normalized spacial score (nSPS) is 13.4. The van der Waals surface area contributed by atoms with E-state index in [1.54, 1.807) is 0 Å². The summed E-state index contributed by atoms with van der Waals surface area (Å²) in [6.45, 7) is 5.67. The Bertz CT molecular complexity index is 144. The number of hydrogen-bond donors (Lipinski definition) is 1. The van der Waals surface area contributed by atoms with Gasteiger partial charge in [0.15, 0.2) is 0 Å². The maximum absolute atomic E-state index is 9.99. The molecule has 0 saturated heterocycles. The zero-order valence-electron chi connectivity index (χ0n) is 9.66. The fourth-order valence-electron chi connectivity index (χ4n) is 1.49. The van der Waals surface area contributed by atoms with Gasteiger partial charge < -0.3 is 5.11 Å². The van der Waals surface area contributed by atoms with Crippen LogP contribution < -0.4 is 0 Å². The van der Waals surface area contributed by atoms with Crippen LogP contribution in [0.15, 0.2) is 0 Å². The third-order valence-electron chi connectivity index (χ3n) is 2.90. The minimum absolute atomic E-state index is 0. The van der Waals surface area contributed by atoms with Crippen LogP contribution in [0, 0.1) is 0 Å². The Balaban J connectivity index is 0. The van der Waals surface area contributed by atoms with Gasteiger partial charge >= 0.3 is 0 Å². The Kier molecular flexibility index (Phi) is 5.77. The molecular weight excluding hydrogens is 211 g/mol. The van der Waals surface area contributed by atoms with Gasteiger partial charge in [0.05, 0.1) is 11.3 Å². The SMILES string of the molecule is CN(C)C(C)(N(C)C)C(C)(C)O.[Ni]. The Hall–Kier alpha value is 0.374. The molecule has 0 amide bonds. The smallest absolute Gasteiger partial charge is 0.0988 e. The van der Waals surface area contributed by atoms with Gasteiger partial charge in [-0.05, 0) is 49.0 Å². The second-order valence-electron chi connectivity index (χ2n) is 4.37. The first-order chi connectivity index (χ1) is 5.14. The minimum atomic E-state index is -0.750. The van der Waals surface area contributed by atoms with Crippen molar-refractivity contribution in [1.82, 2.24) is 9.80 Å². The van der Waals surface area contributed by atoms with E-state index in [0.29, 0.717) is 0 Å². The molecule has 0 bridgehead atoms. The van der Waals surface area contributed by atoms with E-state index < -0.39 is 5.60 Å². The summed E-state index contributed by atoms with van der Waals surface area (Å²) >= 11 is 0. The van der Waals surface area contributed by atoms with Crippen molar-refractivity contribution in [3.8, 4) is 0 Å². The van der Waals surface area contributed by atoms with Crippen molar-refractivity contribution in [2.24, 2.45) is 0 Å². The van der Waals surface area contributed by atoms with Crippen LogP contribution in [0.5, 0.6) is 0 Å². The molecule has 0 aromatic carbocycles. The number of hydrogen-bond acceptors (Lipinski definition) is 3. The van der Waals surface area contributed by atoms with Crippen LogP contribution in [-0.4, -0.2) is 54.4 Å². The summed E-state index contributed by atoms with van der Waals surface area (Å²) in [6.07, 6.45) is 0. The molecular formula is C9H22N2NiO. The van der Waals surface area contributed by atoms with E-state index in [9.17, 15) is 5.11 Å². The van der Waals surface area contributed by atoms with Crippen molar-refractivity contribution in [3.05, 3.63) is 0 Å². The van der Waals surface area contributed by atoms with E-state index >= 15 is 0 Å². The summed E-state index contributed by atoms with van der Waals surface area (Å²) in [5.41, 5.74) is -1.09. The Morgan fingerprint density at radius 2 is 1.08 bits per heavy atom. The fraction of sp³-hybridized carbons (Fsp3) is 1.00. The quantitative estimate of drug-likeness (QED) is 0.571. The molecule has 0 spiro atoms. The fourth-order valence-corrected chi connectivity index (χ4v) is 1.49. The molecule has 4 heteroatoms. The maximum atomic E-state index is 9.99. The third-order valence-corrected chi connectivity index (χ3v) is 2.90. The van der Waals surface area contributed by atoms with Crippen LogP contribution in [0.1, 0.15) is 20.8 Å². The largest absolute Gasteiger partial charge is 0.387 e. The van der Waals surface area contributed by atoms with E-state index in [2.05, 4.69) is 0 Å². The standard InChI is InChI=1S/C9H22N2O.Ni/c1-8(2,12)9(3,10(4)5)11(6)7;/h12H,1-7H3;. The maximum Gasteiger partial charge on any atom is 0.0988 e. The molecule has 0 rings (SSSR count). The molecule has 0 radical (unpaired) electrons. The Morgan fingerprint density at radius 1 is 0.846 bits per heavy atom. The van der Waals surface area contributed by atoms with Crippen molar-refractivity contribution < 1.29 is 21.6 Å². The van der Waals surface area contributed by atoms with Crippen molar-refractivity contribution in [1.29, 1.82) is 0 Å². The zero-order chi connectivity index (χ0) is 10.2. The number of aliphatic hydroxyl groups is 1. The van der Waals surface area contributed by atoms with Gasteiger partial charge in [-0.3, -0.25) is 9.80 Å². The summed E-state index contributed by atoms with van der Waals surface area (Å²) in [5.74, 6) is 0. The van der Waals surface area contributed by atoms with Gasteiger partial charge in [0.2, 0.25) is 0 Å². The van der Waals surface area contributed by atoms with E-state index in [-0.39, 0.29) is 22.2 Å². The molecule has 0 aliphatic rings. The van der Waals surface area contributed by atoms with Gasteiger partial charge in [-0.2, -0.15) is 0 Å². The van der Waals surface area contributed by atoms with Crippen molar-refractivity contribution >= 4 is 0 Å². The first-order valence-corrected chi connectivity index (χ1v) is 4.21. The number of nitrogens with zero attached hydrogens (tertiary/aromatic N) is 2. The number of likely N-dealkylation sites (N-methyl/N-ethyl adjacent to an activating group) is 2. The van der Waals surface area contributed by atoms with Crippen LogP contribution in [-0.2, 0) is 16.5 Å². The van der Waals surface area contributed by atoms with E-state index in [1.807, 2.05) is 58.8 Å². The molecule has 84 valence electrons. The van der Waals surface area contributed by atoms with E-state index in [0.717, 1.165) is 0 Å². The first-order valence-electron chi connectivity index (χ1n) is 4.21. The average Bonchev–Trinajstić information content (AvgIpc) is 1.82. The molecule has 1 N–H and O–H groups in total. The molecule has 0 fully saturated rings. The molecule has 0 aromatic rings. The van der Waals surface area contributed by atoms with Crippen molar-refractivity contribution in [2.75, 3.05) is 28.2 Å². The zero-order valence-corrected chi connectivity index (χ0v) is 10.6. The molecule has 0 unspecified atom stereocenters. The van der Waals surface area contributed by atoms with Crippen LogP contribution in [0.25, 0.3) is 0 Å². The Morgan fingerprint density at radius 3 is 1.08 bits per heavy atom. The first kappa shape index (κ1) is 15.8. The molecule has 0 heterocycles. The summed E-state index contributed by atoms with van der Waals surface area (Å²) < 4.78 is 0. The molecule has 0 saturated carbocycles. The van der Waals surface area contributed by atoms with Gasteiger partial charge in [0, 0.05) is 16.5 Å². The molecule has 0 aliphatic heterocycles. The van der Waals surface area contributed by atoms with Gasteiger partial charge in [0.1, 0.15) is 0 Å². The molecule has 0 aromatic heterocycles. The molecule has 0 aliphatic carbocycles. The van der Waals surface area contributed by atoms with Crippen LogP contribution in [0.4, 0.5) is 0 Å². The van der Waals surface area contributed by atoms with Gasteiger partial charge in [0.25, 0.3) is 0 Å². The van der Waals surface area contributed by atoms with Crippen LogP contribution >= 0.6 is 0 Å². The second kappa shape index (κ2) is 4.74. The summed E-state index contributed by atoms with van der Waals surface area (Å²) in [7, 11) is 7.88. The monoisotopic (exact) mass is 232 g/mol. The number of rotatable bonds is 3. The van der Waals surface area contributed by atoms with Gasteiger partial charge in [-0.25, -0.2) is 0 Å². The predicted octanol–water partition coefficient (Wildman–Crippen LogP) is 0.594.